The van der Waals surface area contributed by atoms with Gasteiger partial charge in [0.05, 0.1) is 12.7 Å². The van der Waals surface area contributed by atoms with Crippen LogP contribution in [0.25, 0.3) is 0 Å². The molecule has 1 rings (SSSR count). The molecule has 0 aromatic heterocycles. The van der Waals surface area contributed by atoms with Gasteiger partial charge in [0.2, 0.25) is 0 Å². The Morgan fingerprint density at radius 1 is 1.39 bits per heavy atom. The van der Waals surface area contributed by atoms with Gasteiger partial charge < -0.3 is 4.74 Å². The predicted octanol–water partition coefficient (Wildman–Crippen LogP) is 2.36. The van der Waals surface area contributed by atoms with Crippen molar-refractivity contribution < 1.29 is 19.3 Å². The highest BCUT2D eigenvalue weighted by molar-refractivity contribution is 5.66. The first-order chi connectivity index (χ1) is 8.65. The van der Waals surface area contributed by atoms with Crippen LogP contribution in [-0.2, 0) is 19.3 Å². The van der Waals surface area contributed by atoms with Gasteiger partial charge in [-0.3, -0.25) is 4.79 Å². The minimum atomic E-state index is -0.614. The van der Waals surface area contributed by atoms with Gasteiger partial charge in [-0.15, -0.1) is 0 Å². The van der Waals surface area contributed by atoms with Crippen molar-refractivity contribution in [2.45, 2.75) is 58.2 Å². The molecule has 0 aromatic rings. The van der Waals surface area contributed by atoms with Gasteiger partial charge in [0, 0.05) is 13.3 Å². The Hall–Kier alpha value is -1.12. The zero-order chi connectivity index (χ0) is 13.4. The van der Waals surface area contributed by atoms with Gasteiger partial charge in [-0.2, -0.15) is 5.26 Å². The van der Waals surface area contributed by atoms with Crippen molar-refractivity contribution in [2.24, 2.45) is 5.92 Å². The molecule has 0 amide bonds. The van der Waals surface area contributed by atoms with E-state index in [4.69, 9.17) is 19.8 Å². The molecule has 1 saturated carbocycles. The molecular weight excluding hydrogens is 234 g/mol. The van der Waals surface area contributed by atoms with E-state index in [0.29, 0.717) is 18.9 Å². The maximum absolute atomic E-state index is 10.8. The molecule has 0 saturated heterocycles. The Morgan fingerprint density at radius 2 is 2.06 bits per heavy atom. The Kier molecular flexibility index (Phi) is 6.69. The molecule has 0 radical (unpaired) electrons. The lowest BCUT2D eigenvalue weighted by Gasteiger charge is -2.28. The van der Waals surface area contributed by atoms with Crippen molar-refractivity contribution in [1.29, 1.82) is 5.26 Å². The van der Waals surface area contributed by atoms with Crippen molar-refractivity contribution in [3.63, 3.8) is 0 Å². The second-order valence-electron chi connectivity index (χ2n) is 4.61. The smallest absolute Gasteiger partial charge is 0.303 e. The largest absolute Gasteiger partial charge is 0.447 e. The number of esters is 1. The summed E-state index contributed by atoms with van der Waals surface area (Å²) in [7, 11) is 0. The molecule has 1 aliphatic rings. The van der Waals surface area contributed by atoms with Crippen molar-refractivity contribution >= 4 is 5.97 Å². The zero-order valence-corrected chi connectivity index (χ0v) is 11.1. The average molecular weight is 255 g/mol. The number of carbonyl (C=O) groups excluding carboxylic acids is 1. The number of hydrogen-bond acceptors (Lipinski definition) is 5. The van der Waals surface area contributed by atoms with Crippen LogP contribution in [0.3, 0.4) is 0 Å². The van der Waals surface area contributed by atoms with Crippen LogP contribution in [0, 0.1) is 17.2 Å². The van der Waals surface area contributed by atoms with E-state index in [1.54, 1.807) is 0 Å². The zero-order valence-electron chi connectivity index (χ0n) is 11.1. The summed E-state index contributed by atoms with van der Waals surface area (Å²) < 4.78 is 4.94. The van der Waals surface area contributed by atoms with E-state index in [-0.39, 0.29) is 6.10 Å². The van der Waals surface area contributed by atoms with E-state index in [1.165, 1.54) is 6.92 Å². The van der Waals surface area contributed by atoms with E-state index in [1.807, 2.05) is 13.0 Å². The third-order valence-corrected chi connectivity index (χ3v) is 3.12. The Labute approximate surface area is 108 Å². The van der Waals surface area contributed by atoms with E-state index in [9.17, 15) is 4.79 Å². The van der Waals surface area contributed by atoms with Crippen molar-refractivity contribution in [3.8, 4) is 6.07 Å². The molecule has 0 bridgehead atoms. The maximum atomic E-state index is 10.8. The number of ether oxygens (including phenoxy) is 1. The first kappa shape index (κ1) is 14.9. The van der Waals surface area contributed by atoms with Crippen LogP contribution in [-0.4, -0.2) is 24.8 Å². The second-order valence-corrected chi connectivity index (χ2v) is 4.61. The van der Waals surface area contributed by atoms with Crippen LogP contribution in [0.1, 0.15) is 46.0 Å². The van der Waals surface area contributed by atoms with Gasteiger partial charge >= 0.3 is 5.97 Å². The second kappa shape index (κ2) is 8.06. The third kappa shape index (κ3) is 5.48. The van der Waals surface area contributed by atoms with Crippen LogP contribution in [0.5, 0.6) is 0 Å². The average Bonchev–Trinajstić information content (AvgIpc) is 2.36. The summed E-state index contributed by atoms with van der Waals surface area (Å²) in [6.07, 6.45) is 4.00. The van der Waals surface area contributed by atoms with Crippen LogP contribution >= 0.6 is 0 Å². The highest BCUT2D eigenvalue weighted by Crippen LogP contribution is 2.30. The van der Waals surface area contributed by atoms with Gasteiger partial charge in [-0.1, -0.05) is 0 Å². The highest BCUT2D eigenvalue weighted by atomic mass is 17.2. The fourth-order valence-electron chi connectivity index (χ4n) is 2.26. The quantitative estimate of drug-likeness (QED) is 0.414. The van der Waals surface area contributed by atoms with Crippen LogP contribution in [0.15, 0.2) is 0 Å². The first-order valence-corrected chi connectivity index (χ1v) is 6.50. The van der Waals surface area contributed by atoms with Crippen LogP contribution in [0.2, 0.25) is 0 Å². The maximum Gasteiger partial charge on any atom is 0.303 e. The molecule has 1 fully saturated rings. The van der Waals surface area contributed by atoms with Gasteiger partial charge in [-0.25, -0.2) is 9.78 Å². The molecular formula is C13H21NO4. The monoisotopic (exact) mass is 255 g/mol. The normalized spacial score (nSPS) is 25.2. The van der Waals surface area contributed by atoms with E-state index >= 15 is 0 Å². The summed E-state index contributed by atoms with van der Waals surface area (Å²) in [6, 6.07) is 2.03. The SMILES string of the molecule is CCOOC1CCC(CC(C#N)OC(C)=O)CC1. The molecule has 5 nitrogen and oxygen atoms in total. The molecule has 18 heavy (non-hydrogen) atoms. The van der Waals surface area contributed by atoms with Crippen molar-refractivity contribution in [2.75, 3.05) is 6.61 Å². The Balaban J connectivity index is 2.26. The molecule has 102 valence electrons. The number of rotatable bonds is 6. The predicted molar refractivity (Wildman–Crippen MR) is 64.2 cm³/mol. The summed E-state index contributed by atoms with van der Waals surface area (Å²) in [4.78, 5) is 21.0. The minimum absolute atomic E-state index is 0.162. The summed E-state index contributed by atoms with van der Waals surface area (Å²) in [5, 5.41) is 8.90. The lowest BCUT2D eigenvalue weighted by Crippen LogP contribution is -2.25. The molecule has 0 heterocycles. The van der Waals surface area contributed by atoms with Crippen LogP contribution in [0.4, 0.5) is 0 Å². The van der Waals surface area contributed by atoms with E-state index in [0.717, 1.165) is 25.7 Å². The number of nitrogens with zero attached hydrogens (tertiary/aromatic N) is 1. The molecule has 5 heteroatoms. The molecule has 1 unspecified atom stereocenters. The fraction of sp³-hybridized carbons (Fsp3) is 0.846. The summed E-state index contributed by atoms with van der Waals surface area (Å²) in [5.74, 6) is 0.0328. The Morgan fingerprint density at radius 3 is 2.56 bits per heavy atom. The Bertz CT molecular complexity index is 292. The van der Waals surface area contributed by atoms with Gasteiger partial charge in [-0.05, 0) is 38.5 Å². The van der Waals surface area contributed by atoms with Gasteiger partial charge in [0.1, 0.15) is 6.07 Å². The first-order valence-electron chi connectivity index (χ1n) is 6.50. The summed E-state index contributed by atoms with van der Waals surface area (Å²) in [5.41, 5.74) is 0. The standard InChI is InChI=1S/C13H21NO4/c1-3-16-18-12-6-4-11(5-7-12)8-13(9-14)17-10(2)15/h11-13H,3-8H2,1-2H3. The summed E-state index contributed by atoms with van der Waals surface area (Å²) in [6.45, 7) is 3.78. The summed E-state index contributed by atoms with van der Waals surface area (Å²) >= 11 is 0. The lowest BCUT2D eigenvalue weighted by molar-refractivity contribution is -0.326. The van der Waals surface area contributed by atoms with E-state index < -0.39 is 12.1 Å². The minimum Gasteiger partial charge on any atom is -0.447 e. The van der Waals surface area contributed by atoms with Gasteiger partial charge in [0.15, 0.2) is 6.10 Å². The molecule has 0 aromatic carbocycles. The lowest BCUT2D eigenvalue weighted by atomic mass is 9.84. The molecule has 1 atom stereocenters. The fourth-order valence-corrected chi connectivity index (χ4v) is 2.26. The van der Waals surface area contributed by atoms with Gasteiger partial charge in [0.25, 0.3) is 0 Å². The highest BCUT2D eigenvalue weighted by Gasteiger charge is 2.25. The molecule has 0 aliphatic heterocycles. The van der Waals surface area contributed by atoms with Crippen molar-refractivity contribution in [1.82, 2.24) is 0 Å². The number of nitriles is 1. The molecule has 0 spiro atoms. The molecule has 0 N–H and O–H groups in total. The number of carbonyl (C=O) groups is 1. The third-order valence-electron chi connectivity index (χ3n) is 3.12. The van der Waals surface area contributed by atoms with E-state index in [2.05, 4.69) is 0 Å². The number of hydrogen-bond donors (Lipinski definition) is 0. The topological polar surface area (TPSA) is 68.6 Å². The molecule has 1 aliphatic carbocycles. The van der Waals surface area contributed by atoms with Crippen LogP contribution < -0.4 is 0 Å². The van der Waals surface area contributed by atoms with Crippen molar-refractivity contribution in [3.05, 3.63) is 0 Å².